The summed E-state index contributed by atoms with van der Waals surface area (Å²) in [6.45, 7) is -2.94. The number of nitrogens with zero attached hydrogens (tertiary/aromatic N) is 5. The van der Waals surface area contributed by atoms with Crippen molar-refractivity contribution in [3.05, 3.63) is 65.8 Å². The molecule has 11 heteroatoms. The summed E-state index contributed by atoms with van der Waals surface area (Å²) in [6, 6.07) is 13.0. The summed E-state index contributed by atoms with van der Waals surface area (Å²) in [5.74, 6) is -0.338. The number of hydrogen-bond acceptors (Lipinski definition) is 7. The van der Waals surface area contributed by atoms with Crippen LogP contribution in [0, 0.1) is 0 Å². The minimum absolute atomic E-state index is 0.0175. The fourth-order valence-electron chi connectivity index (χ4n) is 2.55. The van der Waals surface area contributed by atoms with Gasteiger partial charge in [-0.2, -0.15) is 8.78 Å². The molecule has 1 N–H and O–H groups in total. The van der Waals surface area contributed by atoms with E-state index in [-0.39, 0.29) is 11.7 Å². The van der Waals surface area contributed by atoms with Crippen LogP contribution in [-0.4, -0.2) is 37.7 Å². The minimum Gasteiger partial charge on any atom is -0.434 e. The van der Waals surface area contributed by atoms with Crippen molar-refractivity contribution in [1.82, 2.24) is 25.2 Å². The van der Waals surface area contributed by atoms with Crippen molar-refractivity contribution in [2.45, 2.75) is 6.61 Å². The number of anilines is 1. The Balaban J connectivity index is 1.49. The van der Waals surface area contributed by atoms with Gasteiger partial charge in [-0.15, -0.1) is 16.4 Å². The number of aromatic nitrogens is 5. The Hall–Kier alpha value is -3.73. The molecule has 8 nitrogen and oxygen atoms in total. The summed E-state index contributed by atoms with van der Waals surface area (Å²) < 4.78 is 31.2. The van der Waals surface area contributed by atoms with E-state index < -0.39 is 6.61 Å². The van der Waals surface area contributed by atoms with Crippen molar-refractivity contribution < 1.29 is 18.3 Å². The van der Waals surface area contributed by atoms with Gasteiger partial charge in [0.25, 0.3) is 5.91 Å². The molecule has 0 aliphatic rings. The highest BCUT2D eigenvalue weighted by Crippen LogP contribution is 2.33. The van der Waals surface area contributed by atoms with Gasteiger partial charge in [0.05, 0.1) is 11.4 Å². The molecular weight excluding hydrogens is 402 g/mol. The molecule has 1 amide bonds. The third kappa shape index (κ3) is 4.24. The Morgan fingerprint density at radius 2 is 1.93 bits per heavy atom. The van der Waals surface area contributed by atoms with Crippen LogP contribution in [-0.2, 0) is 0 Å². The van der Waals surface area contributed by atoms with Crippen molar-refractivity contribution in [3.8, 4) is 22.7 Å². The second-order valence-corrected chi connectivity index (χ2v) is 6.53. The van der Waals surface area contributed by atoms with Crippen molar-refractivity contribution in [2.24, 2.45) is 0 Å². The molecule has 0 bridgehead atoms. The fraction of sp³-hybridized carbons (Fsp3) is 0.0556. The molecule has 0 aliphatic carbocycles. The molecule has 2 heterocycles. The number of carbonyl (C=O) groups is 1. The Kier molecular flexibility index (Phi) is 5.20. The number of alkyl halides is 2. The topological polar surface area (TPSA) is 94.8 Å². The molecule has 0 radical (unpaired) electrons. The third-order valence-electron chi connectivity index (χ3n) is 3.85. The van der Waals surface area contributed by atoms with E-state index in [9.17, 15) is 13.6 Å². The standard InChI is InChI=1S/C18H12F2N6O2S/c19-17(20)28-15-4-2-1-3-13(15)14-9-29-18(22-14)23-16(27)11-5-7-12(8-6-11)26-10-21-24-25-26/h1-10,17H,(H,22,23,27). The van der Waals surface area contributed by atoms with Crippen LogP contribution < -0.4 is 10.1 Å². The lowest BCUT2D eigenvalue weighted by Gasteiger charge is -2.08. The summed E-state index contributed by atoms with van der Waals surface area (Å²) in [6.07, 6.45) is 1.45. The number of amides is 1. The molecule has 0 saturated heterocycles. The Morgan fingerprint density at radius 3 is 2.66 bits per heavy atom. The molecule has 0 saturated carbocycles. The van der Waals surface area contributed by atoms with Gasteiger partial charge in [-0.25, -0.2) is 9.67 Å². The van der Waals surface area contributed by atoms with Gasteiger partial charge in [-0.1, -0.05) is 12.1 Å². The number of benzene rings is 2. The van der Waals surface area contributed by atoms with Crippen LogP contribution in [0.3, 0.4) is 0 Å². The van der Waals surface area contributed by atoms with Gasteiger partial charge >= 0.3 is 6.61 Å². The van der Waals surface area contributed by atoms with Gasteiger partial charge in [0.2, 0.25) is 0 Å². The highest BCUT2D eigenvalue weighted by atomic mass is 32.1. The van der Waals surface area contributed by atoms with Crippen molar-refractivity contribution in [2.75, 3.05) is 5.32 Å². The SMILES string of the molecule is O=C(Nc1nc(-c2ccccc2OC(F)F)cs1)c1ccc(-n2cnnn2)cc1. The molecule has 0 spiro atoms. The largest absolute Gasteiger partial charge is 0.434 e. The van der Waals surface area contributed by atoms with Crippen LogP contribution in [0.25, 0.3) is 16.9 Å². The second kappa shape index (κ2) is 8.10. The van der Waals surface area contributed by atoms with Crippen molar-refractivity contribution >= 4 is 22.4 Å². The number of tetrazole rings is 1. The van der Waals surface area contributed by atoms with E-state index >= 15 is 0 Å². The van der Waals surface area contributed by atoms with Crippen LogP contribution in [0.5, 0.6) is 5.75 Å². The number of para-hydroxylation sites is 1. The maximum atomic E-state index is 12.6. The lowest BCUT2D eigenvalue weighted by atomic mass is 10.1. The smallest absolute Gasteiger partial charge is 0.387 e. The molecule has 4 rings (SSSR count). The van der Waals surface area contributed by atoms with Gasteiger partial charge in [0.1, 0.15) is 12.1 Å². The number of hydrogen-bond donors (Lipinski definition) is 1. The van der Waals surface area contributed by atoms with Crippen molar-refractivity contribution in [3.63, 3.8) is 0 Å². The minimum atomic E-state index is -2.94. The fourth-order valence-corrected chi connectivity index (χ4v) is 3.25. The van der Waals surface area contributed by atoms with E-state index in [1.807, 2.05) is 0 Å². The van der Waals surface area contributed by atoms with E-state index in [2.05, 4.69) is 30.6 Å². The first-order valence-electron chi connectivity index (χ1n) is 8.24. The molecular formula is C18H12F2N6O2S. The maximum Gasteiger partial charge on any atom is 0.387 e. The van der Waals surface area contributed by atoms with Crippen LogP contribution in [0.4, 0.5) is 13.9 Å². The predicted octanol–water partition coefficient (Wildman–Crippen LogP) is 3.64. The highest BCUT2D eigenvalue weighted by molar-refractivity contribution is 7.14. The highest BCUT2D eigenvalue weighted by Gasteiger charge is 2.15. The van der Waals surface area contributed by atoms with E-state index in [0.717, 1.165) is 0 Å². The van der Waals surface area contributed by atoms with Gasteiger partial charge < -0.3 is 4.74 Å². The van der Waals surface area contributed by atoms with Gasteiger partial charge in [0.15, 0.2) is 5.13 Å². The third-order valence-corrected chi connectivity index (χ3v) is 4.60. The number of halogens is 2. The van der Waals surface area contributed by atoms with E-state index in [4.69, 9.17) is 0 Å². The van der Waals surface area contributed by atoms with E-state index in [0.29, 0.717) is 27.6 Å². The first-order valence-corrected chi connectivity index (χ1v) is 9.12. The number of ether oxygens (including phenoxy) is 1. The van der Waals surface area contributed by atoms with E-state index in [1.54, 1.807) is 47.8 Å². The number of nitrogens with one attached hydrogen (secondary N) is 1. The molecule has 0 fully saturated rings. The van der Waals surface area contributed by atoms with Crippen molar-refractivity contribution in [1.29, 1.82) is 0 Å². The predicted molar refractivity (Wildman–Crippen MR) is 101 cm³/mol. The Labute approximate surface area is 166 Å². The number of thiazole rings is 1. The summed E-state index contributed by atoms with van der Waals surface area (Å²) in [7, 11) is 0. The normalized spacial score (nSPS) is 10.9. The molecule has 0 aliphatic heterocycles. The first-order chi connectivity index (χ1) is 14.1. The zero-order valence-electron chi connectivity index (χ0n) is 14.6. The number of rotatable bonds is 6. The van der Waals surface area contributed by atoms with Crippen LogP contribution in [0.15, 0.2) is 60.2 Å². The van der Waals surface area contributed by atoms with Gasteiger partial charge in [-0.3, -0.25) is 10.1 Å². The molecule has 4 aromatic rings. The molecule has 2 aromatic carbocycles. The summed E-state index contributed by atoms with van der Waals surface area (Å²) in [4.78, 5) is 16.8. The Bertz CT molecular complexity index is 1120. The zero-order valence-corrected chi connectivity index (χ0v) is 15.4. The quantitative estimate of drug-likeness (QED) is 0.518. The summed E-state index contributed by atoms with van der Waals surface area (Å²) >= 11 is 1.18. The molecule has 146 valence electrons. The van der Waals surface area contributed by atoms with Crippen LogP contribution in [0.2, 0.25) is 0 Å². The lowest BCUT2D eigenvalue weighted by Crippen LogP contribution is -2.11. The molecule has 0 atom stereocenters. The monoisotopic (exact) mass is 414 g/mol. The van der Waals surface area contributed by atoms with Gasteiger partial charge in [0, 0.05) is 16.5 Å². The summed E-state index contributed by atoms with van der Waals surface area (Å²) in [5, 5.41) is 15.6. The van der Waals surface area contributed by atoms with Crippen LogP contribution in [0.1, 0.15) is 10.4 Å². The van der Waals surface area contributed by atoms with Gasteiger partial charge in [-0.05, 0) is 46.8 Å². The molecule has 2 aromatic heterocycles. The number of carbonyl (C=O) groups excluding carboxylic acids is 1. The zero-order chi connectivity index (χ0) is 20.2. The lowest BCUT2D eigenvalue weighted by molar-refractivity contribution is -0.0494. The Morgan fingerprint density at radius 1 is 1.14 bits per heavy atom. The van der Waals surface area contributed by atoms with Crippen LogP contribution >= 0.6 is 11.3 Å². The average molecular weight is 414 g/mol. The summed E-state index contributed by atoms with van der Waals surface area (Å²) in [5.41, 5.74) is 1.96. The molecule has 29 heavy (non-hydrogen) atoms. The van der Waals surface area contributed by atoms with E-state index in [1.165, 1.54) is 28.4 Å². The first kappa shape index (κ1) is 18.6. The maximum absolute atomic E-state index is 12.6. The average Bonchev–Trinajstić information content (AvgIpc) is 3.40. The second-order valence-electron chi connectivity index (χ2n) is 5.67. The molecule has 0 unspecified atom stereocenters.